The van der Waals surface area contributed by atoms with E-state index in [0.717, 1.165) is 38.4 Å². The SMILES string of the molecule is C[C@]1(C(=O)NCCN2CCOCC2)C=C[C@@H](Cc2ccccc2)N1C(=O)c1ccccc1. The Morgan fingerprint density at radius 3 is 2.38 bits per heavy atom. The molecule has 0 spiro atoms. The van der Waals surface area contributed by atoms with E-state index in [1.54, 1.807) is 17.0 Å². The number of morpholine rings is 1. The molecule has 2 aromatic rings. The third-order valence-electron chi connectivity index (χ3n) is 6.28. The molecule has 6 nitrogen and oxygen atoms in total. The van der Waals surface area contributed by atoms with Crippen molar-refractivity contribution in [2.24, 2.45) is 0 Å². The monoisotopic (exact) mass is 433 g/mol. The number of hydrogen-bond donors (Lipinski definition) is 1. The number of hydrogen-bond acceptors (Lipinski definition) is 4. The van der Waals surface area contributed by atoms with Crippen molar-refractivity contribution in [3.05, 3.63) is 83.9 Å². The highest BCUT2D eigenvalue weighted by Gasteiger charge is 2.47. The number of carbonyl (C=O) groups is 2. The number of carbonyl (C=O) groups excluding carboxylic acids is 2. The van der Waals surface area contributed by atoms with Crippen LogP contribution in [0, 0.1) is 0 Å². The van der Waals surface area contributed by atoms with Crippen LogP contribution < -0.4 is 5.32 Å². The van der Waals surface area contributed by atoms with Crippen LogP contribution >= 0.6 is 0 Å². The van der Waals surface area contributed by atoms with Crippen LogP contribution in [0.4, 0.5) is 0 Å². The lowest BCUT2D eigenvalue weighted by atomic mass is 9.98. The third-order valence-corrected chi connectivity index (χ3v) is 6.28. The average Bonchev–Trinajstić information content (AvgIpc) is 3.17. The van der Waals surface area contributed by atoms with E-state index < -0.39 is 5.54 Å². The van der Waals surface area contributed by atoms with E-state index >= 15 is 0 Å². The first-order chi connectivity index (χ1) is 15.6. The normalized spacial score (nSPS) is 23.3. The highest BCUT2D eigenvalue weighted by atomic mass is 16.5. The van der Waals surface area contributed by atoms with Crippen LogP contribution in [0.25, 0.3) is 0 Å². The molecule has 1 N–H and O–H groups in total. The highest BCUT2D eigenvalue weighted by Crippen LogP contribution is 2.31. The average molecular weight is 434 g/mol. The summed E-state index contributed by atoms with van der Waals surface area (Å²) in [5.74, 6) is -0.288. The van der Waals surface area contributed by atoms with E-state index in [-0.39, 0.29) is 17.9 Å². The van der Waals surface area contributed by atoms with Crippen molar-refractivity contribution in [2.45, 2.75) is 24.9 Å². The first kappa shape index (κ1) is 22.2. The molecule has 4 rings (SSSR count). The summed E-state index contributed by atoms with van der Waals surface area (Å²) in [6, 6.07) is 19.1. The van der Waals surface area contributed by atoms with Crippen molar-refractivity contribution in [3.63, 3.8) is 0 Å². The number of nitrogens with one attached hydrogen (secondary N) is 1. The van der Waals surface area contributed by atoms with Gasteiger partial charge in [-0.2, -0.15) is 0 Å². The van der Waals surface area contributed by atoms with Gasteiger partial charge in [-0.3, -0.25) is 14.5 Å². The maximum absolute atomic E-state index is 13.6. The highest BCUT2D eigenvalue weighted by molar-refractivity contribution is 6.01. The lowest BCUT2D eigenvalue weighted by Gasteiger charge is -2.38. The van der Waals surface area contributed by atoms with E-state index in [9.17, 15) is 9.59 Å². The van der Waals surface area contributed by atoms with Gasteiger partial charge in [0.1, 0.15) is 5.54 Å². The van der Waals surface area contributed by atoms with Gasteiger partial charge >= 0.3 is 0 Å². The van der Waals surface area contributed by atoms with Crippen molar-refractivity contribution in [3.8, 4) is 0 Å². The van der Waals surface area contributed by atoms with Gasteiger partial charge in [0, 0.05) is 31.7 Å². The van der Waals surface area contributed by atoms with Crippen LogP contribution in [0.15, 0.2) is 72.8 Å². The fraction of sp³-hybridized carbons (Fsp3) is 0.385. The minimum absolute atomic E-state index is 0.137. The predicted molar refractivity (Wildman–Crippen MR) is 124 cm³/mol. The molecule has 2 heterocycles. The summed E-state index contributed by atoms with van der Waals surface area (Å²) in [5.41, 5.74) is 0.670. The second-order valence-corrected chi connectivity index (χ2v) is 8.51. The van der Waals surface area contributed by atoms with Crippen LogP contribution in [0.5, 0.6) is 0 Å². The molecule has 32 heavy (non-hydrogen) atoms. The summed E-state index contributed by atoms with van der Waals surface area (Å²) < 4.78 is 5.39. The molecule has 1 fully saturated rings. The molecular weight excluding hydrogens is 402 g/mol. The molecule has 0 aliphatic carbocycles. The van der Waals surface area contributed by atoms with Crippen molar-refractivity contribution < 1.29 is 14.3 Å². The first-order valence-electron chi connectivity index (χ1n) is 11.3. The molecule has 1 saturated heterocycles. The molecule has 2 aliphatic heterocycles. The Morgan fingerprint density at radius 2 is 1.69 bits per heavy atom. The van der Waals surface area contributed by atoms with Gasteiger partial charge in [-0.15, -0.1) is 0 Å². The van der Waals surface area contributed by atoms with Crippen molar-refractivity contribution in [1.29, 1.82) is 0 Å². The second-order valence-electron chi connectivity index (χ2n) is 8.51. The van der Waals surface area contributed by atoms with Crippen molar-refractivity contribution in [1.82, 2.24) is 15.1 Å². The molecule has 2 aromatic carbocycles. The molecule has 2 atom stereocenters. The Morgan fingerprint density at radius 1 is 1.03 bits per heavy atom. The molecule has 2 aliphatic rings. The van der Waals surface area contributed by atoms with Gasteiger partial charge in [0.05, 0.1) is 19.3 Å². The maximum atomic E-state index is 13.6. The topological polar surface area (TPSA) is 61.9 Å². The Labute approximate surface area is 189 Å². The van der Waals surface area contributed by atoms with Crippen LogP contribution in [-0.2, 0) is 16.0 Å². The quantitative estimate of drug-likeness (QED) is 0.682. The van der Waals surface area contributed by atoms with Crippen LogP contribution in [-0.4, -0.2) is 72.6 Å². The summed E-state index contributed by atoms with van der Waals surface area (Å²) in [7, 11) is 0. The fourth-order valence-corrected chi connectivity index (χ4v) is 4.42. The van der Waals surface area contributed by atoms with Gasteiger partial charge in [-0.25, -0.2) is 0 Å². The van der Waals surface area contributed by atoms with E-state index in [1.807, 2.05) is 55.5 Å². The maximum Gasteiger partial charge on any atom is 0.255 e. The lowest BCUT2D eigenvalue weighted by molar-refractivity contribution is -0.128. The third kappa shape index (κ3) is 4.92. The van der Waals surface area contributed by atoms with E-state index in [1.165, 1.54) is 0 Å². The van der Waals surface area contributed by atoms with Gasteiger partial charge in [0.15, 0.2) is 0 Å². The standard InChI is InChI=1S/C26H31N3O3/c1-26(25(31)27-14-15-28-16-18-32-19-17-28)13-12-23(20-21-8-4-2-5-9-21)29(26)24(30)22-10-6-3-7-11-22/h2-13,23H,14-20H2,1H3,(H,27,31)/t23-,26+/m0/s1. The van der Waals surface area contributed by atoms with Crippen LogP contribution in [0.1, 0.15) is 22.8 Å². The summed E-state index contributed by atoms with van der Waals surface area (Å²) in [6.07, 6.45) is 4.54. The molecule has 0 unspecified atom stereocenters. The van der Waals surface area contributed by atoms with E-state index in [2.05, 4.69) is 22.3 Å². The molecule has 0 bridgehead atoms. The first-order valence-corrected chi connectivity index (χ1v) is 11.3. The summed E-state index contributed by atoms with van der Waals surface area (Å²) >= 11 is 0. The Balaban J connectivity index is 1.51. The Bertz CT molecular complexity index is 941. The summed E-state index contributed by atoms with van der Waals surface area (Å²) in [4.78, 5) is 30.9. The van der Waals surface area contributed by atoms with Crippen molar-refractivity contribution in [2.75, 3.05) is 39.4 Å². The summed E-state index contributed by atoms with van der Waals surface area (Å²) in [5, 5.41) is 3.07. The lowest BCUT2D eigenvalue weighted by Crippen LogP contribution is -2.59. The van der Waals surface area contributed by atoms with Crippen LogP contribution in [0.3, 0.4) is 0 Å². The smallest absolute Gasteiger partial charge is 0.255 e. The molecule has 0 radical (unpaired) electrons. The van der Waals surface area contributed by atoms with Crippen molar-refractivity contribution >= 4 is 11.8 Å². The summed E-state index contributed by atoms with van der Waals surface area (Å²) in [6.45, 7) is 6.37. The number of ether oxygens (including phenoxy) is 1. The number of benzene rings is 2. The zero-order chi connectivity index (χ0) is 22.4. The van der Waals surface area contributed by atoms with E-state index in [0.29, 0.717) is 18.5 Å². The van der Waals surface area contributed by atoms with E-state index in [4.69, 9.17) is 4.74 Å². The predicted octanol–water partition coefficient (Wildman–Crippen LogP) is 2.52. The fourth-order valence-electron chi connectivity index (χ4n) is 4.42. The molecule has 0 aromatic heterocycles. The number of rotatable bonds is 7. The van der Waals surface area contributed by atoms with Gasteiger partial charge in [-0.1, -0.05) is 60.7 Å². The van der Waals surface area contributed by atoms with Gasteiger partial charge in [0.2, 0.25) is 5.91 Å². The Kier molecular flexibility index (Phi) is 7.02. The molecular formula is C26H31N3O3. The molecule has 168 valence electrons. The van der Waals surface area contributed by atoms with Gasteiger partial charge < -0.3 is 15.0 Å². The minimum Gasteiger partial charge on any atom is -0.379 e. The number of amides is 2. The molecule has 0 saturated carbocycles. The minimum atomic E-state index is -1.04. The second kappa shape index (κ2) is 10.1. The van der Waals surface area contributed by atoms with Gasteiger partial charge in [-0.05, 0) is 31.0 Å². The number of nitrogens with zero attached hydrogens (tertiary/aromatic N) is 2. The van der Waals surface area contributed by atoms with Gasteiger partial charge in [0.25, 0.3) is 5.91 Å². The zero-order valence-corrected chi connectivity index (χ0v) is 18.6. The van der Waals surface area contributed by atoms with Crippen LogP contribution in [0.2, 0.25) is 0 Å². The molecule has 2 amide bonds. The zero-order valence-electron chi connectivity index (χ0n) is 18.6. The Hall–Kier alpha value is -2.96. The molecule has 6 heteroatoms. The largest absolute Gasteiger partial charge is 0.379 e.